The lowest BCUT2D eigenvalue weighted by molar-refractivity contribution is -0.146. The first-order valence-electron chi connectivity index (χ1n) is 6.05. The van der Waals surface area contributed by atoms with Crippen LogP contribution in [0.2, 0.25) is 0 Å². The van der Waals surface area contributed by atoms with Gasteiger partial charge in [-0.15, -0.1) is 0 Å². The third kappa shape index (κ3) is 3.24. The van der Waals surface area contributed by atoms with Crippen molar-refractivity contribution < 1.29 is 14.5 Å². The summed E-state index contributed by atoms with van der Waals surface area (Å²) in [6.07, 6.45) is -4.57. The number of alkyl halides is 3. The standard InChI is InChI=1S/C14H19F3/c1-9-8-11(10(2)14(15,16)17)6-7-12(9)13(3,4)5/h6-8,10H,1-5H3/i10D. The van der Waals surface area contributed by atoms with Crippen molar-refractivity contribution in [2.75, 3.05) is 0 Å². The molecule has 17 heavy (non-hydrogen) atoms. The molecule has 0 nitrogen and oxygen atoms in total. The average Bonchev–Trinajstić information content (AvgIpc) is 2.13. The van der Waals surface area contributed by atoms with Gasteiger partial charge in [0.05, 0.1) is 5.89 Å². The van der Waals surface area contributed by atoms with E-state index in [0.717, 1.165) is 18.1 Å². The second kappa shape index (κ2) is 4.35. The van der Waals surface area contributed by atoms with E-state index in [4.69, 9.17) is 1.37 Å². The van der Waals surface area contributed by atoms with Crippen molar-refractivity contribution >= 4 is 0 Å². The molecular weight excluding hydrogens is 225 g/mol. The van der Waals surface area contributed by atoms with Crippen LogP contribution < -0.4 is 0 Å². The molecule has 0 aliphatic heterocycles. The van der Waals surface area contributed by atoms with Gasteiger partial charge >= 0.3 is 6.18 Å². The van der Waals surface area contributed by atoms with Crippen LogP contribution in [0, 0.1) is 6.92 Å². The molecule has 0 heterocycles. The summed E-state index contributed by atoms with van der Waals surface area (Å²) >= 11 is 0. The number of hydrogen-bond acceptors (Lipinski definition) is 0. The van der Waals surface area contributed by atoms with Crippen LogP contribution >= 0.6 is 0 Å². The second-order valence-electron chi connectivity index (χ2n) is 5.40. The molecule has 1 aromatic rings. The molecule has 0 amide bonds. The molecule has 0 fully saturated rings. The number of aryl methyl sites for hydroxylation is 1. The van der Waals surface area contributed by atoms with Gasteiger partial charge in [-0.2, -0.15) is 13.2 Å². The van der Waals surface area contributed by atoms with Crippen molar-refractivity contribution in [2.45, 2.75) is 52.1 Å². The molecule has 1 unspecified atom stereocenters. The summed E-state index contributed by atoms with van der Waals surface area (Å²) in [5.41, 5.74) is 1.67. The molecule has 0 bridgehead atoms. The third-order valence-electron chi connectivity index (χ3n) is 2.89. The van der Waals surface area contributed by atoms with Crippen LogP contribution in [-0.4, -0.2) is 6.18 Å². The molecule has 0 saturated heterocycles. The Labute approximate surface area is 102 Å². The SMILES string of the molecule is [2H]C(C)(c1ccc(C(C)(C)C)c(C)c1)C(F)(F)F. The van der Waals surface area contributed by atoms with E-state index >= 15 is 0 Å². The maximum absolute atomic E-state index is 12.8. The van der Waals surface area contributed by atoms with E-state index in [1.807, 2.05) is 20.8 Å². The quantitative estimate of drug-likeness (QED) is 0.656. The largest absolute Gasteiger partial charge is 0.395 e. The van der Waals surface area contributed by atoms with Gasteiger partial charge in [0.2, 0.25) is 0 Å². The molecule has 0 radical (unpaired) electrons. The van der Waals surface area contributed by atoms with Gasteiger partial charge in [0, 0.05) is 1.37 Å². The maximum Gasteiger partial charge on any atom is 0.395 e. The summed E-state index contributed by atoms with van der Waals surface area (Å²) in [5.74, 6) is -2.56. The van der Waals surface area contributed by atoms with E-state index in [2.05, 4.69) is 0 Å². The molecule has 0 spiro atoms. The highest BCUT2D eigenvalue weighted by Gasteiger charge is 2.37. The van der Waals surface area contributed by atoms with Crippen molar-refractivity contribution in [2.24, 2.45) is 0 Å². The predicted molar refractivity (Wildman–Crippen MR) is 64.3 cm³/mol. The van der Waals surface area contributed by atoms with Crippen LogP contribution in [0.1, 0.15) is 51.7 Å². The molecule has 0 saturated carbocycles. The summed E-state index contributed by atoms with van der Waals surface area (Å²) in [7, 11) is 0. The van der Waals surface area contributed by atoms with Gasteiger partial charge in [-0.3, -0.25) is 0 Å². The Hall–Kier alpha value is -0.990. The number of halogens is 3. The Morgan fingerprint density at radius 2 is 1.71 bits per heavy atom. The van der Waals surface area contributed by atoms with E-state index in [1.165, 1.54) is 12.1 Å². The van der Waals surface area contributed by atoms with Crippen molar-refractivity contribution in [1.29, 1.82) is 0 Å². The minimum absolute atomic E-state index is 0.0134. The van der Waals surface area contributed by atoms with Gasteiger partial charge in [-0.05, 0) is 36.0 Å². The van der Waals surface area contributed by atoms with Crippen molar-refractivity contribution in [3.8, 4) is 0 Å². The number of benzene rings is 1. The zero-order valence-corrected chi connectivity index (χ0v) is 10.9. The fraction of sp³-hybridized carbons (Fsp3) is 0.571. The minimum atomic E-state index is -4.57. The molecule has 0 aromatic heterocycles. The summed E-state index contributed by atoms with van der Waals surface area (Å²) in [6.45, 7) is 8.71. The zero-order valence-electron chi connectivity index (χ0n) is 11.9. The molecule has 0 aliphatic rings. The van der Waals surface area contributed by atoms with Crippen LogP contribution in [0.3, 0.4) is 0 Å². The topological polar surface area (TPSA) is 0 Å². The molecule has 0 aliphatic carbocycles. The van der Waals surface area contributed by atoms with Crippen LogP contribution in [0.25, 0.3) is 0 Å². The summed E-state index contributed by atoms with van der Waals surface area (Å²) in [6, 6.07) is 4.58. The van der Waals surface area contributed by atoms with Crippen molar-refractivity contribution in [3.05, 3.63) is 34.9 Å². The summed E-state index contributed by atoms with van der Waals surface area (Å²) in [4.78, 5) is 0. The average molecular weight is 245 g/mol. The third-order valence-corrected chi connectivity index (χ3v) is 2.89. The van der Waals surface area contributed by atoms with Crippen molar-refractivity contribution in [3.63, 3.8) is 0 Å². The zero-order chi connectivity index (χ0) is 14.4. The highest BCUT2D eigenvalue weighted by atomic mass is 19.4. The second-order valence-corrected chi connectivity index (χ2v) is 5.40. The molecule has 1 atom stereocenters. The normalized spacial score (nSPS) is 17.5. The van der Waals surface area contributed by atoms with Gasteiger partial charge < -0.3 is 0 Å². The van der Waals surface area contributed by atoms with E-state index in [9.17, 15) is 13.2 Å². The smallest absolute Gasteiger partial charge is 0.170 e. The lowest BCUT2D eigenvalue weighted by Gasteiger charge is -2.24. The van der Waals surface area contributed by atoms with Crippen LogP contribution in [0.5, 0.6) is 0 Å². The van der Waals surface area contributed by atoms with E-state index in [-0.39, 0.29) is 11.0 Å². The Bertz CT molecular complexity index is 439. The highest BCUT2D eigenvalue weighted by molar-refractivity contribution is 5.37. The molecule has 3 heteroatoms. The highest BCUT2D eigenvalue weighted by Crippen LogP contribution is 2.36. The fourth-order valence-electron chi connectivity index (χ4n) is 1.90. The van der Waals surface area contributed by atoms with E-state index in [1.54, 1.807) is 13.0 Å². The van der Waals surface area contributed by atoms with Crippen LogP contribution in [0.4, 0.5) is 13.2 Å². The fourth-order valence-corrected chi connectivity index (χ4v) is 1.90. The number of hydrogen-bond donors (Lipinski definition) is 0. The van der Waals surface area contributed by atoms with Gasteiger partial charge in [-0.1, -0.05) is 39.0 Å². The first kappa shape index (κ1) is 12.5. The maximum atomic E-state index is 12.8. The predicted octanol–water partition coefficient (Wildman–Crippen LogP) is 4.96. The first-order valence-corrected chi connectivity index (χ1v) is 5.55. The van der Waals surface area contributed by atoms with Crippen LogP contribution in [-0.2, 0) is 5.41 Å². The monoisotopic (exact) mass is 245 g/mol. The lowest BCUT2D eigenvalue weighted by atomic mass is 9.82. The van der Waals surface area contributed by atoms with Crippen molar-refractivity contribution in [1.82, 2.24) is 0 Å². The Balaban J connectivity index is 3.29. The Morgan fingerprint density at radius 1 is 1.18 bits per heavy atom. The van der Waals surface area contributed by atoms with E-state index < -0.39 is 12.1 Å². The van der Waals surface area contributed by atoms with E-state index in [0.29, 0.717) is 0 Å². The van der Waals surface area contributed by atoms with Gasteiger partial charge in [0.1, 0.15) is 0 Å². The first-order chi connectivity index (χ1) is 7.87. The molecule has 1 aromatic carbocycles. The lowest BCUT2D eigenvalue weighted by Crippen LogP contribution is -2.19. The summed E-state index contributed by atoms with van der Waals surface area (Å²) in [5, 5.41) is 0. The molecule has 1 rings (SSSR count). The Morgan fingerprint density at radius 3 is 2.06 bits per heavy atom. The van der Waals surface area contributed by atoms with Gasteiger partial charge in [0.25, 0.3) is 0 Å². The number of rotatable bonds is 1. The Kier molecular flexibility index (Phi) is 3.19. The minimum Gasteiger partial charge on any atom is -0.170 e. The summed E-state index contributed by atoms with van der Waals surface area (Å²) < 4.78 is 45.9. The van der Waals surface area contributed by atoms with Gasteiger partial charge in [-0.25, -0.2) is 0 Å². The molecule has 96 valence electrons. The van der Waals surface area contributed by atoms with Gasteiger partial charge in [0.15, 0.2) is 0 Å². The van der Waals surface area contributed by atoms with Crippen LogP contribution in [0.15, 0.2) is 18.2 Å². The molecular formula is C14H19F3. The molecule has 0 N–H and O–H groups in total.